The number of hydrogen-bond donors (Lipinski definition) is 2. The largest absolute Gasteiger partial charge is 0.396 e. The summed E-state index contributed by atoms with van der Waals surface area (Å²) in [7, 11) is 0. The lowest BCUT2D eigenvalue weighted by Crippen LogP contribution is -2.21. The third kappa shape index (κ3) is 2.41. The molecule has 1 aromatic heterocycles. The summed E-state index contributed by atoms with van der Waals surface area (Å²) in [6.07, 6.45) is 1.99. The summed E-state index contributed by atoms with van der Waals surface area (Å²) in [4.78, 5) is 10.5. The SMILES string of the molecule is Cc1cc(N2CCC(CCO)C2)nc(N)n1. The Morgan fingerprint density at radius 1 is 1.56 bits per heavy atom. The maximum Gasteiger partial charge on any atom is 0.222 e. The highest BCUT2D eigenvalue weighted by Gasteiger charge is 2.23. The fourth-order valence-electron chi connectivity index (χ4n) is 2.20. The summed E-state index contributed by atoms with van der Waals surface area (Å²) in [6.45, 7) is 4.13. The molecule has 2 heterocycles. The van der Waals surface area contributed by atoms with Gasteiger partial charge in [-0.3, -0.25) is 0 Å². The van der Waals surface area contributed by atoms with Crippen LogP contribution < -0.4 is 10.6 Å². The molecule has 1 fully saturated rings. The van der Waals surface area contributed by atoms with Gasteiger partial charge in [0.25, 0.3) is 0 Å². The zero-order chi connectivity index (χ0) is 11.5. The van der Waals surface area contributed by atoms with Crippen LogP contribution in [0.2, 0.25) is 0 Å². The molecule has 0 bridgehead atoms. The quantitative estimate of drug-likeness (QED) is 0.782. The van der Waals surface area contributed by atoms with Crippen LogP contribution in [0.15, 0.2) is 6.07 Å². The Labute approximate surface area is 95.3 Å². The summed E-state index contributed by atoms with van der Waals surface area (Å²) in [5, 5.41) is 8.91. The molecule has 1 aliphatic rings. The molecule has 0 radical (unpaired) electrons. The zero-order valence-electron chi connectivity index (χ0n) is 9.56. The first-order valence-electron chi connectivity index (χ1n) is 5.66. The van der Waals surface area contributed by atoms with Crippen molar-refractivity contribution in [3.63, 3.8) is 0 Å². The molecule has 1 aromatic rings. The summed E-state index contributed by atoms with van der Waals surface area (Å²) in [6, 6.07) is 1.96. The lowest BCUT2D eigenvalue weighted by Gasteiger charge is -2.17. The van der Waals surface area contributed by atoms with Crippen LogP contribution in [0.3, 0.4) is 0 Å². The first kappa shape index (κ1) is 11.1. The van der Waals surface area contributed by atoms with Gasteiger partial charge in [0.1, 0.15) is 5.82 Å². The number of anilines is 2. The van der Waals surface area contributed by atoms with E-state index < -0.39 is 0 Å². The minimum Gasteiger partial charge on any atom is -0.396 e. The Morgan fingerprint density at radius 2 is 2.38 bits per heavy atom. The molecular weight excluding hydrogens is 204 g/mol. The summed E-state index contributed by atoms with van der Waals surface area (Å²) < 4.78 is 0. The number of hydrogen-bond acceptors (Lipinski definition) is 5. The molecule has 5 heteroatoms. The number of aliphatic hydroxyl groups is 1. The fourth-order valence-corrected chi connectivity index (χ4v) is 2.20. The molecule has 88 valence electrons. The van der Waals surface area contributed by atoms with Crippen molar-refractivity contribution >= 4 is 11.8 Å². The fraction of sp³-hybridized carbons (Fsp3) is 0.636. The minimum absolute atomic E-state index is 0.267. The molecule has 0 saturated carbocycles. The van der Waals surface area contributed by atoms with Crippen molar-refractivity contribution in [1.82, 2.24) is 9.97 Å². The average Bonchev–Trinajstić information content (AvgIpc) is 2.65. The molecule has 2 rings (SSSR count). The molecule has 1 atom stereocenters. The third-order valence-electron chi connectivity index (χ3n) is 3.01. The number of rotatable bonds is 3. The molecule has 1 saturated heterocycles. The van der Waals surface area contributed by atoms with Crippen molar-refractivity contribution in [2.24, 2.45) is 5.92 Å². The molecular formula is C11H18N4O. The number of nitrogen functional groups attached to an aromatic ring is 1. The van der Waals surface area contributed by atoms with E-state index in [-0.39, 0.29) is 6.61 Å². The van der Waals surface area contributed by atoms with Crippen molar-refractivity contribution in [2.75, 3.05) is 30.3 Å². The topological polar surface area (TPSA) is 75.3 Å². The van der Waals surface area contributed by atoms with E-state index >= 15 is 0 Å². The Bertz CT molecular complexity index is 349. The first-order chi connectivity index (χ1) is 7.69. The zero-order valence-corrected chi connectivity index (χ0v) is 9.56. The molecule has 3 N–H and O–H groups in total. The van der Waals surface area contributed by atoms with Gasteiger partial charge >= 0.3 is 0 Å². The average molecular weight is 222 g/mol. The van der Waals surface area contributed by atoms with Crippen LogP contribution in [0.25, 0.3) is 0 Å². The van der Waals surface area contributed by atoms with Gasteiger partial charge in [0, 0.05) is 31.5 Å². The van der Waals surface area contributed by atoms with Crippen molar-refractivity contribution < 1.29 is 5.11 Å². The second kappa shape index (κ2) is 4.65. The number of aromatic nitrogens is 2. The predicted molar refractivity (Wildman–Crippen MR) is 63.2 cm³/mol. The van der Waals surface area contributed by atoms with Gasteiger partial charge in [-0.25, -0.2) is 4.98 Å². The van der Waals surface area contributed by atoms with Gasteiger partial charge in [0.2, 0.25) is 5.95 Å². The highest BCUT2D eigenvalue weighted by molar-refractivity contribution is 5.44. The van der Waals surface area contributed by atoms with Crippen LogP contribution in [-0.2, 0) is 0 Å². The van der Waals surface area contributed by atoms with Gasteiger partial charge in [-0.15, -0.1) is 0 Å². The van der Waals surface area contributed by atoms with Crippen LogP contribution in [0, 0.1) is 12.8 Å². The third-order valence-corrected chi connectivity index (χ3v) is 3.01. The summed E-state index contributed by atoms with van der Waals surface area (Å²) in [5.74, 6) is 1.81. The van der Waals surface area contributed by atoms with E-state index in [0.717, 1.165) is 37.4 Å². The maximum absolute atomic E-state index is 8.91. The van der Waals surface area contributed by atoms with Crippen molar-refractivity contribution in [1.29, 1.82) is 0 Å². The number of nitrogens with two attached hydrogens (primary N) is 1. The van der Waals surface area contributed by atoms with Crippen molar-refractivity contribution in [3.8, 4) is 0 Å². The first-order valence-corrected chi connectivity index (χ1v) is 5.66. The van der Waals surface area contributed by atoms with Gasteiger partial charge in [0.05, 0.1) is 0 Å². The molecule has 0 amide bonds. The van der Waals surface area contributed by atoms with Gasteiger partial charge < -0.3 is 15.7 Å². The summed E-state index contributed by atoms with van der Waals surface area (Å²) in [5.41, 5.74) is 6.53. The van der Waals surface area contributed by atoms with Crippen LogP contribution in [0.4, 0.5) is 11.8 Å². The van der Waals surface area contributed by atoms with Gasteiger partial charge in [0.15, 0.2) is 0 Å². The molecule has 0 spiro atoms. The van der Waals surface area contributed by atoms with Crippen molar-refractivity contribution in [2.45, 2.75) is 19.8 Å². The van der Waals surface area contributed by atoms with Gasteiger partial charge in [-0.2, -0.15) is 4.98 Å². The Kier molecular flexibility index (Phi) is 3.24. The molecule has 5 nitrogen and oxygen atoms in total. The van der Waals surface area contributed by atoms with E-state index in [1.165, 1.54) is 0 Å². The van der Waals surface area contributed by atoms with E-state index in [0.29, 0.717) is 11.9 Å². The Balaban J connectivity index is 2.08. The standard InChI is InChI=1S/C11H18N4O/c1-8-6-10(14-11(12)13-8)15-4-2-9(7-15)3-5-16/h6,9,16H,2-5,7H2,1H3,(H2,12,13,14). The van der Waals surface area contributed by atoms with Crippen molar-refractivity contribution in [3.05, 3.63) is 11.8 Å². The van der Waals surface area contributed by atoms with E-state index in [2.05, 4.69) is 14.9 Å². The molecule has 1 aliphatic heterocycles. The van der Waals surface area contributed by atoms with E-state index in [1.807, 2.05) is 13.0 Å². The lowest BCUT2D eigenvalue weighted by atomic mass is 10.1. The van der Waals surface area contributed by atoms with Crippen LogP contribution in [0.5, 0.6) is 0 Å². The van der Waals surface area contributed by atoms with E-state index in [4.69, 9.17) is 10.8 Å². The van der Waals surface area contributed by atoms with Crippen LogP contribution in [0.1, 0.15) is 18.5 Å². The molecule has 16 heavy (non-hydrogen) atoms. The number of aliphatic hydroxyl groups excluding tert-OH is 1. The molecule has 0 aromatic carbocycles. The monoisotopic (exact) mass is 222 g/mol. The highest BCUT2D eigenvalue weighted by Crippen LogP contribution is 2.24. The Hall–Kier alpha value is -1.36. The lowest BCUT2D eigenvalue weighted by molar-refractivity contribution is 0.263. The van der Waals surface area contributed by atoms with Gasteiger partial charge in [-0.05, 0) is 25.7 Å². The number of aryl methyl sites for hydroxylation is 1. The van der Waals surface area contributed by atoms with Gasteiger partial charge in [-0.1, -0.05) is 0 Å². The van der Waals surface area contributed by atoms with E-state index in [1.54, 1.807) is 0 Å². The highest BCUT2D eigenvalue weighted by atomic mass is 16.3. The number of nitrogens with zero attached hydrogens (tertiary/aromatic N) is 3. The minimum atomic E-state index is 0.267. The second-order valence-electron chi connectivity index (χ2n) is 4.34. The molecule has 1 unspecified atom stereocenters. The molecule has 0 aliphatic carbocycles. The predicted octanol–water partition coefficient (Wildman–Crippen LogP) is 0.576. The summed E-state index contributed by atoms with van der Waals surface area (Å²) >= 11 is 0. The van der Waals surface area contributed by atoms with Crippen LogP contribution in [-0.4, -0.2) is 34.8 Å². The normalized spacial score (nSPS) is 20.4. The second-order valence-corrected chi connectivity index (χ2v) is 4.34. The van der Waals surface area contributed by atoms with E-state index in [9.17, 15) is 0 Å². The van der Waals surface area contributed by atoms with Crippen LogP contribution >= 0.6 is 0 Å². The smallest absolute Gasteiger partial charge is 0.222 e. The Morgan fingerprint density at radius 3 is 3.06 bits per heavy atom. The maximum atomic E-state index is 8.91.